The van der Waals surface area contributed by atoms with Crippen molar-refractivity contribution in [1.82, 2.24) is 4.90 Å². The van der Waals surface area contributed by atoms with Crippen LogP contribution in [0.5, 0.6) is 5.75 Å². The molecule has 0 aliphatic heterocycles. The second-order valence-corrected chi connectivity index (χ2v) is 9.82. The number of benzene rings is 1. The van der Waals surface area contributed by atoms with Gasteiger partial charge in [0, 0.05) is 15.1 Å². The van der Waals surface area contributed by atoms with Crippen molar-refractivity contribution in [1.29, 1.82) is 0 Å². The Balaban J connectivity index is 1.98. The summed E-state index contributed by atoms with van der Waals surface area (Å²) in [7, 11) is 3.35. The van der Waals surface area contributed by atoms with E-state index in [4.69, 9.17) is 5.73 Å². The Labute approximate surface area is 192 Å². The monoisotopic (exact) mass is 538 g/mol. The number of Topliss-reactive ketones (excluding diaryl/α,β-unsaturated/α-hetero) is 2. The number of hydrogen-bond acceptors (Lipinski definition) is 7. The Hall–Kier alpha value is -2.24. The highest BCUT2D eigenvalue weighted by molar-refractivity contribution is 14.1. The molecule has 0 radical (unpaired) electrons. The van der Waals surface area contributed by atoms with Crippen molar-refractivity contribution in [3.05, 3.63) is 49.3 Å². The lowest BCUT2D eigenvalue weighted by molar-refractivity contribution is -0.143. The molecule has 0 saturated heterocycles. The van der Waals surface area contributed by atoms with Crippen molar-refractivity contribution in [2.24, 2.45) is 17.6 Å². The molecule has 3 aliphatic carbocycles. The van der Waals surface area contributed by atoms with Gasteiger partial charge in [-0.25, -0.2) is 0 Å². The van der Waals surface area contributed by atoms with Gasteiger partial charge < -0.3 is 21.1 Å². The number of fused-ring (bicyclic) bond motifs is 3. The maximum atomic E-state index is 13.4. The summed E-state index contributed by atoms with van der Waals surface area (Å²) in [4.78, 5) is 40.4. The lowest BCUT2D eigenvalue weighted by atomic mass is 9.56. The molecule has 0 saturated carbocycles. The van der Waals surface area contributed by atoms with Gasteiger partial charge >= 0.3 is 0 Å². The Morgan fingerprint density at radius 3 is 2.48 bits per heavy atom. The Kier molecular flexibility index (Phi) is 5.06. The first-order valence-corrected chi connectivity index (χ1v) is 10.9. The summed E-state index contributed by atoms with van der Waals surface area (Å²) in [6, 6.07) is 2.36. The van der Waals surface area contributed by atoms with Gasteiger partial charge in [0.25, 0.3) is 5.91 Å². The van der Waals surface area contributed by atoms with Gasteiger partial charge in [0.05, 0.1) is 11.6 Å². The summed E-state index contributed by atoms with van der Waals surface area (Å²) in [6.07, 6.45) is 0.694. The lowest BCUT2D eigenvalue weighted by Crippen LogP contribution is -2.63. The molecular weight excluding hydrogens is 515 g/mol. The number of phenolic OH excluding ortho intramolecular Hbond substituents is 1. The first-order valence-electron chi connectivity index (χ1n) is 9.85. The topological polar surface area (TPSA) is 141 Å². The van der Waals surface area contributed by atoms with Crippen LogP contribution >= 0.6 is 22.6 Å². The number of phenols is 1. The molecule has 0 aromatic heterocycles. The van der Waals surface area contributed by atoms with E-state index in [0.29, 0.717) is 6.42 Å². The van der Waals surface area contributed by atoms with Crippen LogP contribution in [0.3, 0.4) is 0 Å². The number of hydrogen-bond donors (Lipinski definition) is 4. The molecule has 31 heavy (non-hydrogen) atoms. The van der Waals surface area contributed by atoms with E-state index in [2.05, 4.69) is 22.6 Å². The third kappa shape index (κ3) is 2.82. The van der Waals surface area contributed by atoms with Gasteiger partial charge in [-0.05, 0) is 85.6 Å². The van der Waals surface area contributed by atoms with E-state index < -0.39 is 46.4 Å². The molecule has 0 unspecified atom stereocenters. The molecule has 9 heteroatoms. The molecule has 164 valence electrons. The number of nitrogens with two attached hydrogens (primary N) is 1. The van der Waals surface area contributed by atoms with Gasteiger partial charge in [0.2, 0.25) is 5.78 Å². The number of carbonyl (C=O) groups excluding carboxylic acids is 3. The SMILES string of the molecule is CC1=C2C(=O)c3c(O)ccc(I)c3C[C@H]2C[C@H]2[C@H](N(C)C)C(O)=C(C(N)=O)C(=O)[C@@]12O. The summed E-state index contributed by atoms with van der Waals surface area (Å²) in [6.45, 7) is 1.51. The average molecular weight is 538 g/mol. The molecule has 1 aromatic carbocycles. The molecule has 4 atom stereocenters. The van der Waals surface area contributed by atoms with E-state index in [1.54, 1.807) is 25.1 Å². The summed E-state index contributed by atoms with van der Waals surface area (Å²) < 4.78 is 0.846. The zero-order valence-electron chi connectivity index (χ0n) is 17.3. The van der Waals surface area contributed by atoms with Crippen LogP contribution in [0.4, 0.5) is 0 Å². The quantitative estimate of drug-likeness (QED) is 0.328. The Morgan fingerprint density at radius 1 is 1.26 bits per heavy atom. The molecule has 1 aromatic rings. The fourth-order valence-corrected chi connectivity index (χ4v) is 6.22. The number of aliphatic hydroxyl groups excluding tert-OH is 1. The van der Waals surface area contributed by atoms with Crippen molar-refractivity contribution >= 4 is 40.1 Å². The summed E-state index contributed by atoms with van der Waals surface area (Å²) in [5.41, 5.74) is 3.90. The number of carbonyl (C=O) groups is 3. The Morgan fingerprint density at radius 2 is 1.90 bits per heavy atom. The maximum absolute atomic E-state index is 13.4. The van der Waals surface area contributed by atoms with E-state index >= 15 is 0 Å². The summed E-state index contributed by atoms with van der Waals surface area (Å²) in [5, 5.41) is 32.8. The second-order valence-electron chi connectivity index (χ2n) is 8.66. The van der Waals surface area contributed by atoms with Gasteiger partial charge in [0.1, 0.15) is 17.1 Å². The third-order valence-corrected chi connectivity index (χ3v) is 7.92. The number of allylic oxidation sites excluding steroid dienone is 1. The number of likely N-dealkylation sites (N-methyl/N-ethyl adjacent to an activating group) is 1. The van der Waals surface area contributed by atoms with E-state index in [0.717, 1.165) is 9.13 Å². The van der Waals surface area contributed by atoms with Gasteiger partial charge in [-0.2, -0.15) is 0 Å². The molecule has 0 bridgehead atoms. The fourth-order valence-electron chi connectivity index (χ4n) is 5.55. The van der Waals surface area contributed by atoms with Gasteiger partial charge in [-0.3, -0.25) is 19.3 Å². The van der Waals surface area contributed by atoms with Gasteiger partial charge in [-0.1, -0.05) is 0 Å². The van der Waals surface area contributed by atoms with Crippen LogP contribution in [0.1, 0.15) is 29.3 Å². The second kappa shape index (κ2) is 7.14. The number of halogens is 1. The van der Waals surface area contributed by atoms with Crippen molar-refractivity contribution < 1.29 is 29.7 Å². The molecule has 5 N–H and O–H groups in total. The third-order valence-electron chi connectivity index (χ3n) is 6.91. The highest BCUT2D eigenvalue weighted by Crippen LogP contribution is 2.53. The van der Waals surface area contributed by atoms with Crippen LogP contribution in [0.15, 0.2) is 34.6 Å². The van der Waals surface area contributed by atoms with E-state index in [1.807, 2.05) is 0 Å². The van der Waals surface area contributed by atoms with Gasteiger partial charge in [0.15, 0.2) is 11.4 Å². The largest absolute Gasteiger partial charge is 0.510 e. The van der Waals surface area contributed by atoms with Gasteiger partial charge in [-0.15, -0.1) is 0 Å². The number of amides is 1. The minimum Gasteiger partial charge on any atom is -0.510 e. The fraction of sp³-hybridized carbons (Fsp3) is 0.409. The number of aromatic hydroxyl groups is 1. The average Bonchev–Trinajstić information content (AvgIpc) is 2.67. The van der Waals surface area contributed by atoms with Crippen LogP contribution < -0.4 is 5.73 Å². The normalized spacial score (nSPS) is 30.3. The number of primary amides is 1. The van der Waals surface area contributed by atoms with Crippen LogP contribution in [0.2, 0.25) is 0 Å². The number of rotatable bonds is 2. The summed E-state index contributed by atoms with van der Waals surface area (Å²) in [5.74, 6) is -4.24. The van der Waals surface area contributed by atoms with Crippen LogP contribution in [-0.4, -0.2) is 63.4 Å². The predicted octanol–water partition coefficient (Wildman–Crippen LogP) is 1.23. The molecule has 8 nitrogen and oxygen atoms in total. The van der Waals surface area contributed by atoms with Crippen molar-refractivity contribution in [2.45, 2.75) is 31.4 Å². The van der Waals surface area contributed by atoms with Crippen LogP contribution in [0, 0.1) is 15.4 Å². The Bertz CT molecular complexity index is 1120. The number of nitrogens with zero attached hydrogens (tertiary/aromatic N) is 1. The van der Waals surface area contributed by atoms with Crippen LogP contribution in [-0.2, 0) is 16.0 Å². The lowest BCUT2D eigenvalue weighted by Gasteiger charge is -2.51. The summed E-state index contributed by atoms with van der Waals surface area (Å²) >= 11 is 2.12. The predicted molar refractivity (Wildman–Crippen MR) is 119 cm³/mol. The highest BCUT2D eigenvalue weighted by atomic mass is 127. The highest BCUT2D eigenvalue weighted by Gasteiger charge is 2.61. The minimum atomic E-state index is -2.16. The molecule has 4 rings (SSSR count). The number of ketones is 2. The zero-order chi connectivity index (χ0) is 23.0. The number of aliphatic hydroxyl groups is 2. The molecule has 1 amide bonds. The zero-order valence-corrected chi connectivity index (χ0v) is 19.4. The smallest absolute Gasteiger partial charge is 0.255 e. The van der Waals surface area contributed by atoms with E-state index in [9.17, 15) is 29.7 Å². The molecule has 0 spiro atoms. The van der Waals surface area contributed by atoms with Crippen molar-refractivity contribution in [2.75, 3.05) is 14.1 Å². The molecule has 0 heterocycles. The molecular formula is C22H23IN2O6. The van der Waals surface area contributed by atoms with Crippen molar-refractivity contribution in [3.63, 3.8) is 0 Å². The van der Waals surface area contributed by atoms with E-state index in [-0.39, 0.29) is 34.8 Å². The van der Waals surface area contributed by atoms with Crippen molar-refractivity contribution in [3.8, 4) is 5.75 Å². The first kappa shape index (κ1) is 22.0. The van der Waals surface area contributed by atoms with Crippen LogP contribution in [0.25, 0.3) is 0 Å². The van der Waals surface area contributed by atoms with E-state index in [1.165, 1.54) is 13.0 Å². The maximum Gasteiger partial charge on any atom is 0.255 e. The molecule has 0 fully saturated rings. The molecule has 3 aliphatic rings. The minimum absolute atomic E-state index is 0.144. The standard InChI is InChI=1S/C22H23IN2O6/c1-8-14-9(6-10-12(23)4-5-13(26)15(10)18(14)27)7-11-17(25(2)3)19(28)16(21(24)30)20(29)22(8,11)31/h4-5,9,11,17,26,28,31H,6-7H2,1-3H3,(H2,24,30)/t9-,11-,17-,22+/m0/s1. The first-order chi connectivity index (χ1) is 14.4.